The van der Waals surface area contributed by atoms with Gasteiger partial charge in [0.15, 0.2) is 0 Å². The second kappa shape index (κ2) is 8.85. The van der Waals surface area contributed by atoms with E-state index in [1.807, 2.05) is 45.1 Å². The van der Waals surface area contributed by atoms with Crippen LogP contribution < -0.4 is 4.74 Å². The average Bonchev–Trinajstić information content (AvgIpc) is 3.34. The molecule has 1 aliphatic heterocycles. The first-order valence-electron chi connectivity index (χ1n) is 8.24. The van der Waals surface area contributed by atoms with Crippen LogP contribution in [0.1, 0.15) is 50.8 Å². The molecule has 1 heterocycles. The predicted molar refractivity (Wildman–Crippen MR) is 90.6 cm³/mol. The number of benzene rings is 1. The highest BCUT2D eigenvalue weighted by Crippen LogP contribution is 2.31. The van der Waals surface area contributed by atoms with Crippen LogP contribution in [0.4, 0.5) is 0 Å². The number of allylic oxidation sites excluding steroid dienone is 1. The molecule has 0 N–H and O–H groups in total. The van der Waals surface area contributed by atoms with Crippen LogP contribution in [0.2, 0.25) is 0 Å². The third-order valence-electron chi connectivity index (χ3n) is 3.57. The lowest BCUT2D eigenvalue weighted by molar-refractivity contribution is -0.107. The van der Waals surface area contributed by atoms with Gasteiger partial charge in [0.25, 0.3) is 0 Å². The Bertz CT molecular complexity index is 532. The van der Waals surface area contributed by atoms with Gasteiger partial charge in [-0.2, -0.15) is 0 Å². The van der Waals surface area contributed by atoms with E-state index in [-0.39, 0.29) is 18.3 Å². The number of aldehydes is 1. The van der Waals surface area contributed by atoms with Crippen molar-refractivity contribution in [3.8, 4) is 5.75 Å². The lowest BCUT2D eigenvalue weighted by Crippen LogP contribution is -2.10. The summed E-state index contributed by atoms with van der Waals surface area (Å²) in [7, 11) is 0. The van der Waals surface area contributed by atoms with Gasteiger partial charge in [0.1, 0.15) is 18.1 Å². The van der Waals surface area contributed by atoms with Crippen LogP contribution in [-0.2, 0) is 14.3 Å². The Morgan fingerprint density at radius 3 is 2.74 bits per heavy atom. The Morgan fingerprint density at radius 2 is 2.09 bits per heavy atom. The molecule has 1 aromatic carbocycles. The third kappa shape index (κ3) is 5.81. The van der Waals surface area contributed by atoms with E-state index in [1.54, 1.807) is 0 Å². The number of carbonyl (C=O) groups excluding carboxylic acids is 1. The van der Waals surface area contributed by atoms with Gasteiger partial charge in [-0.15, -0.1) is 0 Å². The SMILES string of the molecule is CC(C)Oc1cccc([C@@H](C)OC[C@H]2CO2)c1/C=C/CCC=O. The van der Waals surface area contributed by atoms with Gasteiger partial charge >= 0.3 is 0 Å². The smallest absolute Gasteiger partial charge is 0.127 e. The summed E-state index contributed by atoms with van der Waals surface area (Å²) in [5.74, 6) is 0.845. The fourth-order valence-electron chi connectivity index (χ4n) is 2.32. The molecule has 126 valence electrons. The molecule has 1 fully saturated rings. The number of hydrogen-bond donors (Lipinski definition) is 0. The van der Waals surface area contributed by atoms with Crippen LogP contribution in [0.3, 0.4) is 0 Å². The maximum atomic E-state index is 10.5. The molecule has 1 saturated heterocycles. The quantitative estimate of drug-likeness (QED) is 0.372. The van der Waals surface area contributed by atoms with E-state index in [9.17, 15) is 4.79 Å². The van der Waals surface area contributed by atoms with Gasteiger partial charge in [0, 0.05) is 12.0 Å². The Hall–Kier alpha value is -1.65. The molecule has 0 spiro atoms. The molecule has 23 heavy (non-hydrogen) atoms. The van der Waals surface area contributed by atoms with Crippen LogP contribution >= 0.6 is 0 Å². The van der Waals surface area contributed by atoms with Crippen molar-refractivity contribution in [3.63, 3.8) is 0 Å². The van der Waals surface area contributed by atoms with Gasteiger partial charge < -0.3 is 19.0 Å². The summed E-state index contributed by atoms with van der Waals surface area (Å²) in [5.41, 5.74) is 2.11. The normalized spacial score (nSPS) is 18.3. The van der Waals surface area contributed by atoms with Crippen LogP contribution in [-0.4, -0.2) is 31.7 Å². The second-order valence-corrected chi connectivity index (χ2v) is 6.00. The van der Waals surface area contributed by atoms with Crippen molar-refractivity contribution in [3.05, 3.63) is 35.4 Å². The standard InChI is InChI=1S/C19H26O4/c1-14(2)23-19-10-7-9-17(15(3)21-12-16-13-22-16)18(19)8-5-4-6-11-20/h5,7-11,14-16H,4,6,12-13H2,1-3H3/b8-5+/t15-,16+/m1/s1. The minimum atomic E-state index is -0.0411. The van der Waals surface area contributed by atoms with E-state index in [4.69, 9.17) is 14.2 Å². The predicted octanol–water partition coefficient (Wildman–Crippen LogP) is 3.94. The van der Waals surface area contributed by atoms with Crippen LogP contribution in [0.15, 0.2) is 24.3 Å². The first kappa shape index (κ1) is 17.7. The fraction of sp³-hybridized carbons (Fsp3) is 0.526. The van der Waals surface area contributed by atoms with E-state index in [0.717, 1.165) is 36.2 Å². The second-order valence-electron chi connectivity index (χ2n) is 6.00. The Kier molecular flexibility index (Phi) is 6.81. The number of unbranched alkanes of at least 4 members (excludes halogenated alkanes) is 1. The lowest BCUT2D eigenvalue weighted by atomic mass is 10.0. The zero-order valence-electron chi connectivity index (χ0n) is 14.2. The zero-order chi connectivity index (χ0) is 16.7. The lowest BCUT2D eigenvalue weighted by Gasteiger charge is -2.19. The van der Waals surface area contributed by atoms with E-state index in [2.05, 4.69) is 6.07 Å². The molecular formula is C19H26O4. The Morgan fingerprint density at radius 1 is 1.30 bits per heavy atom. The number of carbonyl (C=O) groups is 1. The van der Waals surface area contributed by atoms with Gasteiger partial charge in [0.2, 0.25) is 0 Å². The molecule has 0 unspecified atom stereocenters. The highest BCUT2D eigenvalue weighted by molar-refractivity contribution is 5.62. The molecule has 0 saturated carbocycles. The van der Waals surface area contributed by atoms with Crippen molar-refractivity contribution in [1.82, 2.24) is 0 Å². The van der Waals surface area contributed by atoms with Crippen molar-refractivity contribution in [2.75, 3.05) is 13.2 Å². The van der Waals surface area contributed by atoms with Crippen molar-refractivity contribution >= 4 is 12.4 Å². The number of rotatable bonds is 10. The summed E-state index contributed by atoms with van der Waals surface area (Å²) < 4.78 is 17.0. The summed E-state index contributed by atoms with van der Waals surface area (Å²) in [5, 5.41) is 0. The molecular weight excluding hydrogens is 292 g/mol. The molecule has 0 aliphatic carbocycles. The van der Waals surface area contributed by atoms with Crippen LogP contribution in [0, 0.1) is 0 Å². The first-order chi connectivity index (χ1) is 11.1. The van der Waals surface area contributed by atoms with Crippen molar-refractivity contribution < 1.29 is 19.0 Å². The monoisotopic (exact) mass is 318 g/mol. The highest BCUT2D eigenvalue weighted by atomic mass is 16.6. The molecule has 1 aliphatic rings. The topological polar surface area (TPSA) is 48.1 Å². The number of ether oxygens (including phenoxy) is 3. The summed E-state index contributed by atoms with van der Waals surface area (Å²) in [6, 6.07) is 6.02. The van der Waals surface area contributed by atoms with E-state index in [0.29, 0.717) is 13.0 Å². The van der Waals surface area contributed by atoms with Gasteiger partial charge in [-0.05, 0) is 38.8 Å². The van der Waals surface area contributed by atoms with Crippen LogP contribution in [0.25, 0.3) is 6.08 Å². The van der Waals surface area contributed by atoms with Crippen molar-refractivity contribution in [1.29, 1.82) is 0 Å². The molecule has 4 nitrogen and oxygen atoms in total. The average molecular weight is 318 g/mol. The number of epoxide rings is 1. The maximum absolute atomic E-state index is 10.5. The third-order valence-corrected chi connectivity index (χ3v) is 3.57. The Labute approximate surface area is 138 Å². The van der Waals surface area contributed by atoms with Gasteiger partial charge in [-0.3, -0.25) is 0 Å². The maximum Gasteiger partial charge on any atom is 0.127 e. The van der Waals surface area contributed by atoms with Crippen molar-refractivity contribution in [2.24, 2.45) is 0 Å². The minimum Gasteiger partial charge on any atom is -0.490 e. The molecule has 2 rings (SSSR count). The minimum absolute atomic E-state index is 0.0411. The highest BCUT2D eigenvalue weighted by Gasteiger charge is 2.24. The molecule has 0 aromatic heterocycles. The van der Waals surface area contributed by atoms with Crippen LogP contribution in [0.5, 0.6) is 5.75 Å². The van der Waals surface area contributed by atoms with E-state index in [1.165, 1.54) is 0 Å². The number of hydrogen-bond acceptors (Lipinski definition) is 4. The first-order valence-corrected chi connectivity index (χ1v) is 8.24. The van der Waals surface area contributed by atoms with Crippen molar-refractivity contribution in [2.45, 2.75) is 51.9 Å². The van der Waals surface area contributed by atoms with Gasteiger partial charge in [-0.25, -0.2) is 0 Å². The van der Waals surface area contributed by atoms with E-state index >= 15 is 0 Å². The summed E-state index contributed by atoms with van der Waals surface area (Å²) >= 11 is 0. The molecule has 0 radical (unpaired) electrons. The summed E-state index contributed by atoms with van der Waals surface area (Å²) in [6.07, 6.45) is 6.54. The Balaban J connectivity index is 2.18. The molecule has 2 atom stereocenters. The zero-order valence-corrected chi connectivity index (χ0v) is 14.2. The summed E-state index contributed by atoms with van der Waals surface area (Å²) in [4.78, 5) is 10.5. The fourth-order valence-corrected chi connectivity index (χ4v) is 2.32. The summed E-state index contributed by atoms with van der Waals surface area (Å²) in [6.45, 7) is 7.47. The molecule has 0 amide bonds. The largest absolute Gasteiger partial charge is 0.490 e. The molecule has 4 heteroatoms. The van der Waals surface area contributed by atoms with Gasteiger partial charge in [0.05, 0.1) is 25.4 Å². The van der Waals surface area contributed by atoms with E-state index < -0.39 is 0 Å². The molecule has 1 aromatic rings. The van der Waals surface area contributed by atoms with Gasteiger partial charge in [-0.1, -0.05) is 24.3 Å². The molecule has 0 bridgehead atoms.